The van der Waals surface area contributed by atoms with Crippen LogP contribution in [0.25, 0.3) is 0 Å². The Kier molecular flexibility index (Phi) is 5.36. The molecule has 0 aromatic heterocycles. The highest BCUT2D eigenvalue weighted by molar-refractivity contribution is 5.68. The minimum absolute atomic E-state index is 0.0175. The van der Waals surface area contributed by atoms with Crippen LogP contribution in [0, 0.1) is 0 Å². The third kappa shape index (κ3) is 4.76. The molecule has 1 aliphatic heterocycles. The fourth-order valence-corrected chi connectivity index (χ4v) is 2.48. The van der Waals surface area contributed by atoms with E-state index < -0.39 is 5.60 Å². The maximum atomic E-state index is 12.2. The Morgan fingerprint density at radius 2 is 2.17 bits per heavy atom. The number of phenols is 1. The van der Waals surface area contributed by atoms with Crippen LogP contribution in [0.3, 0.4) is 0 Å². The van der Waals surface area contributed by atoms with E-state index in [1.165, 1.54) is 0 Å². The summed E-state index contributed by atoms with van der Waals surface area (Å²) < 4.78 is 10.9. The van der Waals surface area contributed by atoms with E-state index in [0.717, 1.165) is 5.56 Å². The highest BCUT2D eigenvalue weighted by Gasteiger charge is 2.28. The van der Waals surface area contributed by atoms with Crippen LogP contribution in [-0.4, -0.2) is 47.9 Å². The zero-order chi connectivity index (χ0) is 17.0. The second kappa shape index (κ2) is 7.08. The molecule has 1 atom stereocenters. The van der Waals surface area contributed by atoms with Gasteiger partial charge in [0.25, 0.3) is 0 Å². The number of nitrogens with one attached hydrogen (secondary N) is 1. The molecule has 1 saturated heterocycles. The van der Waals surface area contributed by atoms with Gasteiger partial charge in [-0.05, 0) is 45.4 Å². The van der Waals surface area contributed by atoms with E-state index in [4.69, 9.17) is 9.47 Å². The Hall–Kier alpha value is -1.95. The molecule has 2 rings (SSSR count). The van der Waals surface area contributed by atoms with Crippen molar-refractivity contribution in [1.82, 2.24) is 10.2 Å². The van der Waals surface area contributed by atoms with Crippen LogP contribution in [-0.2, 0) is 4.74 Å². The number of phenolic OH excluding ortho intramolecular Hbond substituents is 1. The molecule has 23 heavy (non-hydrogen) atoms. The number of aromatic hydroxyl groups is 1. The first-order valence-electron chi connectivity index (χ1n) is 7.97. The average molecular weight is 322 g/mol. The Balaban J connectivity index is 2.09. The first-order valence-corrected chi connectivity index (χ1v) is 7.97. The summed E-state index contributed by atoms with van der Waals surface area (Å²) in [7, 11) is 0. The smallest absolute Gasteiger partial charge is 0.410 e. The number of benzene rings is 1. The molecule has 1 aromatic rings. The monoisotopic (exact) mass is 322 g/mol. The largest absolute Gasteiger partial charge is 0.504 e. The second-order valence-electron chi connectivity index (χ2n) is 6.59. The average Bonchev–Trinajstić information content (AvgIpc) is 2.48. The number of nitrogens with zero attached hydrogens (tertiary/aromatic N) is 1. The quantitative estimate of drug-likeness (QED) is 0.895. The minimum atomic E-state index is -0.502. The number of hydrogen-bond acceptors (Lipinski definition) is 5. The molecule has 1 heterocycles. The van der Waals surface area contributed by atoms with Gasteiger partial charge >= 0.3 is 6.09 Å². The summed E-state index contributed by atoms with van der Waals surface area (Å²) in [5.74, 6) is 0.580. The number of rotatable bonds is 3. The van der Waals surface area contributed by atoms with Crippen molar-refractivity contribution in [2.45, 2.75) is 39.3 Å². The van der Waals surface area contributed by atoms with Crippen molar-refractivity contribution in [3.05, 3.63) is 23.8 Å². The van der Waals surface area contributed by atoms with Crippen LogP contribution in [0.2, 0.25) is 0 Å². The summed E-state index contributed by atoms with van der Waals surface area (Å²) in [6.45, 7) is 9.76. The van der Waals surface area contributed by atoms with E-state index in [9.17, 15) is 9.90 Å². The molecule has 0 saturated carbocycles. The van der Waals surface area contributed by atoms with Crippen LogP contribution in [0.4, 0.5) is 4.79 Å². The molecule has 0 bridgehead atoms. The molecule has 0 aliphatic carbocycles. The van der Waals surface area contributed by atoms with Gasteiger partial charge in [0.2, 0.25) is 0 Å². The SMILES string of the molecule is CCOc1cc(C2CN(C(=O)OC(C)(C)C)CCN2)ccc1O. The highest BCUT2D eigenvalue weighted by atomic mass is 16.6. The summed E-state index contributed by atoms with van der Waals surface area (Å²) in [5.41, 5.74) is 0.470. The first kappa shape index (κ1) is 17.4. The van der Waals surface area contributed by atoms with E-state index in [-0.39, 0.29) is 17.9 Å². The Morgan fingerprint density at radius 3 is 2.83 bits per heavy atom. The van der Waals surface area contributed by atoms with Crippen molar-refractivity contribution < 1.29 is 19.4 Å². The normalized spacial score (nSPS) is 18.6. The van der Waals surface area contributed by atoms with Gasteiger partial charge in [-0.15, -0.1) is 0 Å². The van der Waals surface area contributed by atoms with Crippen molar-refractivity contribution in [3.63, 3.8) is 0 Å². The van der Waals surface area contributed by atoms with Gasteiger partial charge in [-0.25, -0.2) is 4.79 Å². The number of ether oxygens (including phenoxy) is 2. The molecular formula is C17H26N2O4. The van der Waals surface area contributed by atoms with Crippen molar-refractivity contribution in [2.24, 2.45) is 0 Å². The van der Waals surface area contributed by atoms with E-state index >= 15 is 0 Å². The van der Waals surface area contributed by atoms with Gasteiger partial charge in [0.1, 0.15) is 5.60 Å². The van der Waals surface area contributed by atoms with E-state index in [1.54, 1.807) is 11.0 Å². The number of hydrogen-bond donors (Lipinski definition) is 2. The van der Waals surface area contributed by atoms with Crippen LogP contribution in [0.1, 0.15) is 39.3 Å². The number of piperazine rings is 1. The minimum Gasteiger partial charge on any atom is -0.504 e. The van der Waals surface area contributed by atoms with E-state index in [2.05, 4.69) is 5.32 Å². The molecule has 1 unspecified atom stereocenters. The maximum Gasteiger partial charge on any atom is 0.410 e. The lowest BCUT2D eigenvalue weighted by Crippen LogP contribution is -2.49. The molecule has 1 fully saturated rings. The zero-order valence-corrected chi connectivity index (χ0v) is 14.3. The Bertz CT molecular complexity index is 554. The van der Waals surface area contributed by atoms with Gasteiger partial charge < -0.3 is 24.8 Å². The molecule has 6 heteroatoms. The third-order valence-electron chi connectivity index (χ3n) is 3.51. The summed E-state index contributed by atoms with van der Waals surface area (Å²) in [6, 6.07) is 5.26. The van der Waals surface area contributed by atoms with Gasteiger partial charge in [-0.3, -0.25) is 0 Å². The molecule has 2 N–H and O–H groups in total. The third-order valence-corrected chi connectivity index (χ3v) is 3.51. The van der Waals surface area contributed by atoms with Crippen LogP contribution in [0.5, 0.6) is 11.5 Å². The number of amides is 1. The molecule has 0 spiro atoms. The molecule has 1 aliphatic rings. The predicted octanol–water partition coefficient (Wildman–Crippen LogP) is 2.67. The second-order valence-corrected chi connectivity index (χ2v) is 6.59. The summed E-state index contributed by atoms with van der Waals surface area (Å²) in [5, 5.41) is 13.2. The van der Waals surface area contributed by atoms with E-state index in [0.29, 0.717) is 32.0 Å². The van der Waals surface area contributed by atoms with Crippen LogP contribution >= 0.6 is 0 Å². The van der Waals surface area contributed by atoms with Crippen molar-refractivity contribution in [2.75, 3.05) is 26.2 Å². The number of carbonyl (C=O) groups excluding carboxylic acids is 1. The topological polar surface area (TPSA) is 71.0 Å². The molecule has 0 radical (unpaired) electrons. The molecular weight excluding hydrogens is 296 g/mol. The van der Waals surface area contributed by atoms with Crippen LogP contribution in [0.15, 0.2) is 18.2 Å². The zero-order valence-electron chi connectivity index (χ0n) is 14.3. The fourth-order valence-electron chi connectivity index (χ4n) is 2.48. The first-order chi connectivity index (χ1) is 10.8. The lowest BCUT2D eigenvalue weighted by Gasteiger charge is -2.35. The van der Waals surface area contributed by atoms with Gasteiger partial charge in [-0.1, -0.05) is 6.07 Å². The highest BCUT2D eigenvalue weighted by Crippen LogP contribution is 2.30. The van der Waals surface area contributed by atoms with Crippen LogP contribution < -0.4 is 10.1 Å². The summed E-state index contributed by atoms with van der Waals surface area (Å²) in [6.07, 6.45) is -0.298. The van der Waals surface area contributed by atoms with Crippen molar-refractivity contribution in [1.29, 1.82) is 0 Å². The number of carbonyl (C=O) groups is 1. The maximum absolute atomic E-state index is 12.2. The standard InChI is InChI=1S/C17H26N2O4/c1-5-22-15-10-12(6-7-14(15)20)13-11-19(9-8-18-13)16(21)23-17(2,3)4/h6-7,10,13,18,20H,5,8-9,11H2,1-4H3. The van der Waals surface area contributed by atoms with Gasteiger partial charge in [0, 0.05) is 19.6 Å². The predicted molar refractivity (Wildman–Crippen MR) is 87.8 cm³/mol. The molecule has 128 valence electrons. The van der Waals surface area contributed by atoms with Crippen molar-refractivity contribution in [3.8, 4) is 11.5 Å². The Labute approximate surface area is 137 Å². The van der Waals surface area contributed by atoms with E-state index in [1.807, 2.05) is 39.8 Å². The lowest BCUT2D eigenvalue weighted by atomic mass is 10.0. The van der Waals surface area contributed by atoms with Gasteiger partial charge in [0.15, 0.2) is 11.5 Å². The Morgan fingerprint density at radius 1 is 1.43 bits per heavy atom. The molecule has 1 aromatic carbocycles. The molecule has 1 amide bonds. The molecule has 6 nitrogen and oxygen atoms in total. The summed E-state index contributed by atoms with van der Waals surface area (Å²) in [4.78, 5) is 13.9. The van der Waals surface area contributed by atoms with Crippen molar-refractivity contribution >= 4 is 6.09 Å². The fraction of sp³-hybridized carbons (Fsp3) is 0.588. The van der Waals surface area contributed by atoms with Gasteiger partial charge in [-0.2, -0.15) is 0 Å². The van der Waals surface area contributed by atoms with Gasteiger partial charge in [0.05, 0.1) is 12.6 Å². The lowest BCUT2D eigenvalue weighted by molar-refractivity contribution is 0.0195. The summed E-state index contributed by atoms with van der Waals surface area (Å²) >= 11 is 0.